The van der Waals surface area contributed by atoms with Crippen molar-refractivity contribution in [2.45, 2.75) is 6.54 Å². The Kier molecular flexibility index (Phi) is 3.56. The van der Waals surface area contributed by atoms with E-state index in [9.17, 15) is 9.59 Å². The van der Waals surface area contributed by atoms with Crippen LogP contribution in [0.15, 0.2) is 30.6 Å². The number of hydrogen-bond donors (Lipinski definition) is 1. The van der Waals surface area contributed by atoms with Crippen molar-refractivity contribution in [2.24, 2.45) is 0 Å². The summed E-state index contributed by atoms with van der Waals surface area (Å²) in [6, 6.07) is 6.58. The Morgan fingerprint density at radius 3 is 2.79 bits per heavy atom. The van der Waals surface area contributed by atoms with Crippen LogP contribution in [0.5, 0.6) is 0 Å². The van der Waals surface area contributed by atoms with Crippen LogP contribution in [0.1, 0.15) is 26.5 Å². The van der Waals surface area contributed by atoms with E-state index in [1.807, 2.05) is 0 Å². The molecule has 98 valence electrons. The Labute approximate surface area is 108 Å². The fraction of sp³-hybridized carbons (Fsp3) is 0.167. The zero-order valence-electron chi connectivity index (χ0n) is 10.1. The van der Waals surface area contributed by atoms with Crippen LogP contribution in [-0.2, 0) is 11.3 Å². The lowest BCUT2D eigenvalue weighted by atomic mass is 10.1. The molecule has 2 aromatic rings. The maximum absolute atomic E-state index is 11.2. The molecule has 0 aliphatic rings. The van der Waals surface area contributed by atoms with Crippen LogP contribution < -0.4 is 0 Å². The predicted molar refractivity (Wildman–Crippen MR) is 63.9 cm³/mol. The van der Waals surface area contributed by atoms with Crippen LogP contribution in [0.4, 0.5) is 0 Å². The third kappa shape index (κ3) is 2.76. The molecule has 0 aliphatic heterocycles. The first kappa shape index (κ1) is 12.7. The van der Waals surface area contributed by atoms with Gasteiger partial charge in [-0.2, -0.15) is 0 Å². The fourth-order valence-electron chi connectivity index (χ4n) is 1.60. The quantitative estimate of drug-likeness (QED) is 0.818. The van der Waals surface area contributed by atoms with E-state index >= 15 is 0 Å². The average Bonchev–Trinajstić information content (AvgIpc) is 2.86. The Balaban J connectivity index is 2.24. The lowest BCUT2D eigenvalue weighted by molar-refractivity contribution is 0.0585. The van der Waals surface area contributed by atoms with E-state index < -0.39 is 11.9 Å². The summed E-state index contributed by atoms with van der Waals surface area (Å²) in [4.78, 5) is 26.0. The summed E-state index contributed by atoms with van der Waals surface area (Å²) in [7, 11) is 1.24. The van der Waals surface area contributed by atoms with Gasteiger partial charge < -0.3 is 9.84 Å². The number of rotatable bonds is 4. The molecule has 0 amide bonds. The SMILES string of the molecule is COC(=O)c1ncn(Cc2ccccc2C(=O)O)n1. The van der Waals surface area contributed by atoms with Gasteiger partial charge in [-0.05, 0) is 11.6 Å². The van der Waals surface area contributed by atoms with Crippen molar-refractivity contribution in [1.29, 1.82) is 0 Å². The lowest BCUT2D eigenvalue weighted by Crippen LogP contribution is -2.09. The monoisotopic (exact) mass is 261 g/mol. The number of esters is 1. The summed E-state index contributed by atoms with van der Waals surface area (Å²) in [5.41, 5.74) is 0.772. The number of ether oxygens (including phenoxy) is 1. The van der Waals surface area contributed by atoms with Gasteiger partial charge in [0.15, 0.2) is 0 Å². The largest absolute Gasteiger partial charge is 0.478 e. The molecular formula is C12H11N3O4. The maximum Gasteiger partial charge on any atom is 0.377 e. The van der Waals surface area contributed by atoms with Crippen molar-refractivity contribution < 1.29 is 19.4 Å². The number of carbonyl (C=O) groups excluding carboxylic acids is 1. The highest BCUT2D eigenvalue weighted by Gasteiger charge is 2.13. The van der Waals surface area contributed by atoms with Crippen LogP contribution in [0.2, 0.25) is 0 Å². The van der Waals surface area contributed by atoms with Crippen LogP contribution in [-0.4, -0.2) is 38.9 Å². The van der Waals surface area contributed by atoms with Crippen molar-refractivity contribution >= 4 is 11.9 Å². The first-order valence-corrected chi connectivity index (χ1v) is 5.40. The van der Waals surface area contributed by atoms with Gasteiger partial charge in [-0.25, -0.2) is 19.3 Å². The van der Waals surface area contributed by atoms with Gasteiger partial charge in [0.05, 0.1) is 19.2 Å². The van der Waals surface area contributed by atoms with Gasteiger partial charge in [-0.3, -0.25) is 0 Å². The zero-order chi connectivity index (χ0) is 13.8. The van der Waals surface area contributed by atoms with E-state index in [4.69, 9.17) is 5.11 Å². The smallest absolute Gasteiger partial charge is 0.377 e. The van der Waals surface area contributed by atoms with Gasteiger partial charge in [0, 0.05) is 0 Å². The number of carboxylic acids is 1. The highest BCUT2D eigenvalue weighted by molar-refractivity contribution is 5.89. The normalized spacial score (nSPS) is 10.2. The van der Waals surface area contributed by atoms with Crippen molar-refractivity contribution in [3.8, 4) is 0 Å². The van der Waals surface area contributed by atoms with Gasteiger partial charge in [0.2, 0.25) is 0 Å². The number of nitrogens with zero attached hydrogens (tertiary/aromatic N) is 3. The highest BCUT2D eigenvalue weighted by Crippen LogP contribution is 2.10. The number of aromatic nitrogens is 3. The molecule has 2 rings (SSSR count). The number of hydrogen-bond acceptors (Lipinski definition) is 5. The fourth-order valence-corrected chi connectivity index (χ4v) is 1.60. The molecule has 0 saturated heterocycles. The van der Waals surface area contributed by atoms with Crippen LogP contribution in [0, 0.1) is 0 Å². The van der Waals surface area contributed by atoms with Crippen molar-refractivity contribution in [2.75, 3.05) is 7.11 Å². The highest BCUT2D eigenvalue weighted by atomic mass is 16.5. The first-order valence-electron chi connectivity index (χ1n) is 5.40. The van der Waals surface area contributed by atoms with Gasteiger partial charge in [-0.15, -0.1) is 5.10 Å². The average molecular weight is 261 g/mol. The molecule has 1 heterocycles. The predicted octanol–water partition coefficient (Wildman–Crippen LogP) is 0.811. The minimum atomic E-state index is -1.01. The number of benzene rings is 1. The van der Waals surface area contributed by atoms with E-state index in [1.54, 1.807) is 18.2 Å². The molecule has 0 unspecified atom stereocenters. The molecule has 0 bridgehead atoms. The van der Waals surface area contributed by atoms with Gasteiger partial charge in [-0.1, -0.05) is 18.2 Å². The summed E-state index contributed by atoms with van der Waals surface area (Å²) in [6.07, 6.45) is 1.35. The third-order valence-corrected chi connectivity index (χ3v) is 2.48. The molecule has 0 atom stereocenters. The summed E-state index contributed by atoms with van der Waals surface area (Å²) in [5.74, 6) is -1.70. The lowest BCUT2D eigenvalue weighted by Gasteiger charge is -2.05. The minimum absolute atomic E-state index is 0.0599. The molecule has 0 saturated carbocycles. The summed E-state index contributed by atoms with van der Waals surface area (Å²) < 4.78 is 5.87. The second-order valence-corrected chi connectivity index (χ2v) is 3.72. The van der Waals surface area contributed by atoms with Crippen LogP contribution >= 0.6 is 0 Å². The Hall–Kier alpha value is -2.70. The molecule has 19 heavy (non-hydrogen) atoms. The van der Waals surface area contributed by atoms with Gasteiger partial charge >= 0.3 is 11.9 Å². The number of carbonyl (C=O) groups is 2. The van der Waals surface area contributed by atoms with Crippen molar-refractivity contribution in [3.05, 3.63) is 47.5 Å². The summed E-state index contributed by atoms with van der Waals surface area (Å²) in [6.45, 7) is 0.215. The Morgan fingerprint density at radius 1 is 1.37 bits per heavy atom. The topological polar surface area (TPSA) is 94.3 Å². The Morgan fingerprint density at radius 2 is 2.11 bits per heavy atom. The summed E-state index contributed by atoms with van der Waals surface area (Å²) >= 11 is 0. The third-order valence-electron chi connectivity index (χ3n) is 2.48. The molecule has 0 aliphatic carbocycles. The number of carboxylic acid groups (broad SMARTS) is 1. The second-order valence-electron chi connectivity index (χ2n) is 3.72. The van der Waals surface area contributed by atoms with Gasteiger partial charge in [0.1, 0.15) is 6.33 Å². The van der Waals surface area contributed by atoms with Crippen molar-refractivity contribution in [3.63, 3.8) is 0 Å². The van der Waals surface area contributed by atoms with Crippen molar-refractivity contribution in [1.82, 2.24) is 14.8 Å². The summed E-state index contributed by atoms with van der Waals surface area (Å²) in [5, 5.41) is 13.0. The second kappa shape index (κ2) is 5.30. The van der Waals surface area contributed by atoms with E-state index in [1.165, 1.54) is 24.2 Å². The maximum atomic E-state index is 11.2. The van der Waals surface area contributed by atoms with Crippen LogP contribution in [0.3, 0.4) is 0 Å². The standard InChI is InChI=1S/C12H11N3O4/c1-19-12(18)10-13-7-15(14-10)6-8-4-2-3-5-9(8)11(16)17/h2-5,7H,6H2,1H3,(H,16,17). The molecule has 0 spiro atoms. The number of methoxy groups -OCH3 is 1. The molecule has 1 aromatic carbocycles. The molecule has 7 heteroatoms. The van der Waals surface area contributed by atoms with E-state index in [2.05, 4.69) is 14.8 Å². The molecule has 7 nitrogen and oxygen atoms in total. The molecule has 0 radical (unpaired) electrons. The number of aromatic carboxylic acids is 1. The Bertz CT molecular complexity index is 621. The first-order chi connectivity index (χ1) is 9.11. The van der Waals surface area contributed by atoms with E-state index in [0.29, 0.717) is 5.56 Å². The van der Waals surface area contributed by atoms with E-state index in [0.717, 1.165) is 0 Å². The zero-order valence-corrected chi connectivity index (χ0v) is 10.1. The molecule has 1 aromatic heterocycles. The van der Waals surface area contributed by atoms with Crippen LogP contribution in [0.25, 0.3) is 0 Å². The van der Waals surface area contributed by atoms with Gasteiger partial charge in [0.25, 0.3) is 5.82 Å². The minimum Gasteiger partial charge on any atom is -0.478 e. The molecule has 0 fully saturated rings. The molecule has 1 N–H and O–H groups in total. The molecular weight excluding hydrogens is 250 g/mol. The van der Waals surface area contributed by atoms with E-state index in [-0.39, 0.29) is 17.9 Å².